The van der Waals surface area contributed by atoms with E-state index in [1.54, 1.807) is 18.2 Å². The number of imidazole rings is 1. The molecule has 0 atom stereocenters. The molecule has 1 heterocycles. The van der Waals surface area contributed by atoms with Crippen LogP contribution in [0.25, 0.3) is 22.2 Å². The van der Waals surface area contributed by atoms with Crippen LogP contribution in [0.15, 0.2) is 72.8 Å². The Kier molecular flexibility index (Phi) is 5.07. The van der Waals surface area contributed by atoms with Crippen molar-refractivity contribution in [2.24, 2.45) is 0 Å². The van der Waals surface area contributed by atoms with E-state index in [1.165, 1.54) is 6.07 Å². The Hall–Kier alpha value is -3.93. The van der Waals surface area contributed by atoms with E-state index in [9.17, 15) is 9.59 Å². The summed E-state index contributed by atoms with van der Waals surface area (Å²) in [5, 5.41) is 11.8. The molecule has 1 amide bonds. The van der Waals surface area contributed by atoms with Crippen LogP contribution in [0.1, 0.15) is 21.7 Å². The third kappa shape index (κ3) is 4.32. The maximum Gasteiger partial charge on any atom is 0.335 e. The highest BCUT2D eigenvalue weighted by molar-refractivity contribution is 5.88. The molecular weight excluding hydrogens is 366 g/mol. The summed E-state index contributed by atoms with van der Waals surface area (Å²) in [6.45, 7) is 0.262. The lowest BCUT2D eigenvalue weighted by atomic mass is 10.1. The second kappa shape index (κ2) is 7.98. The number of aromatic carboxylic acids is 1. The number of aromatic nitrogens is 2. The average Bonchev–Trinajstić information content (AvgIpc) is 3.14. The van der Waals surface area contributed by atoms with Crippen molar-refractivity contribution < 1.29 is 14.7 Å². The van der Waals surface area contributed by atoms with Gasteiger partial charge in [0.25, 0.3) is 0 Å². The zero-order chi connectivity index (χ0) is 20.2. The van der Waals surface area contributed by atoms with Gasteiger partial charge in [0.05, 0.1) is 23.0 Å². The van der Waals surface area contributed by atoms with Gasteiger partial charge in [-0.25, -0.2) is 9.78 Å². The lowest BCUT2D eigenvalue weighted by Gasteiger charge is -2.05. The second-order valence-electron chi connectivity index (χ2n) is 6.74. The summed E-state index contributed by atoms with van der Waals surface area (Å²) < 4.78 is 0. The standard InChI is InChI=1S/C23H19N3O3/c27-22(24-14-15-5-4-8-18(11-15)23(28)29)13-21-25-19-10-9-17(12-20(19)26-21)16-6-2-1-3-7-16/h1-12H,13-14H2,(H,24,27)(H,25,26)(H,28,29). The molecule has 0 aliphatic heterocycles. The molecule has 4 aromatic rings. The fourth-order valence-corrected chi connectivity index (χ4v) is 3.18. The number of nitrogens with one attached hydrogen (secondary N) is 2. The summed E-state index contributed by atoms with van der Waals surface area (Å²) in [7, 11) is 0. The van der Waals surface area contributed by atoms with Crippen molar-refractivity contribution in [1.29, 1.82) is 0 Å². The largest absolute Gasteiger partial charge is 0.478 e. The molecule has 3 N–H and O–H groups in total. The average molecular weight is 385 g/mol. The van der Waals surface area contributed by atoms with Crippen LogP contribution in [-0.2, 0) is 17.8 Å². The highest BCUT2D eigenvalue weighted by Crippen LogP contribution is 2.23. The first-order chi connectivity index (χ1) is 14.1. The number of benzene rings is 3. The minimum atomic E-state index is -0.990. The molecule has 144 valence electrons. The number of rotatable bonds is 6. The molecule has 6 nitrogen and oxygen atoms in total. The van der Waals surface area contributed by atoms with Crippen LogP contribution in [0.4, 0.5) is 0 Å². The van der Waals surface area contributed by atoms with Crippen molar-refractivity contribution in [3.63, 3.8) is 0 Å². The van der Waals surface area contributed by atoms with Gasteiger partial charge >= 0.3 is 5.97 Å². The Bertz CT molecular complexity index is 1180. The molecule has 1 aromatic heterocycles. The van der Waals surface area contributed by atoms with Gasteiger partial charge in [-0.3, -0.25) is 4.79 Å². The Morgan fingerprint density at radius 2 is 1.76 bits per heavy atom. The smallest absolute Gasteiger partial charge is 0.335 e. The first kappa shape index (κ1) is 18.4. The number of hydrogen-bond donors (Lipinski definition) is 3. The van der Waals surface area contributed by atoms with Crippen molar-refractivity contribution in [2.75, 3.05) is 0 Å². The molecule has 0 spiro atoms. The van der Waals surface area contributed by atoms with Crippen molar-refractivity contribution in [2.45, 2.75) is 13.0 Å². The predicted molar refractivity (Wildman–Crippen MR) is 110 cm³/mol. The summed E-state index contributed by atoms with van der Waals surface area (Å²) in [5.41, 5.74) is 4.79. The maximum absolute atomic E-state index is 12.3. The summed E-state index contributed by atoms with van der Waals surface area (Å²) in [6, 6.07) is 22.5. The molecule has 0 aliphatic rings. The molecule has 6 heteroatoms. The molecular formula is C23H19N3O3. The monoisotopic (exact) mass is 385 g/mol. The first-order valence-corrected chi connectivity index (χ1v) is 9.21. The predicted octanol–water partition coefficient (Wildman–Crippen LogP) is 3.79. The van der Waals surface area contributed by atoms with Crippen LogP contribution in [0.3, 0.4) is 0 Å². The molecule has 0 bridgehead atoms. The highest BCUT2D eigenvalue weighted by atomic mass is 16.4. The number of H-pyrrole nitrogens is 1. The molecule has 0 saturated carbocycles. The summed E-state index contributed by atoms with van der Waals surface area (Å²) in [4.78, 5) is 31.0. The Balaban J connectivity index is 1.43. The first-order valence-electron chi connectivity index (χ1n) is 9.21. The van der Waals surface area contributed by atoms with E-state index in [0.717, 1.165) is 27.7 Å². The van der Waals surface area contributed by atoms with Gasteiger partial charge in [-0.15, -0.1) is 0 Å². The third-order valence-electron chi connectivity index (χ3n) is 4.63. The minimum absolute atomic E-state index is 0.119. The topological polar surface area (TPSA) is 95.1 Å². The maximum atomic E-state index is 12.3. The second-order valence-corrected chi connectivity index (χ2v) is 6.74. The van der Waals surface area contributed by atoms with Crippen LogP contribution in [0.2, 0.25) is 0 Å². The van der Waals surface area contributed by atoms with Crippen LogP contribution in [0, 0.1) is 0 Å². The van der Waals surface area contributed by atoms with Gasteiger partial charge in [0, 0.05) is 6.54 Å². The van der Waals surface area contributed by atoms with Gasteiger partial charge in [0.2, 0.25) is 5.91 Å². The van der Waals surface area contributed by atoms with Crippen molar-refractivity contribution in [3.05, 3.63) is 89.7 Å². The number of fused-ring (bicyclic) bond motifs is 1. The molecule has 3 aromatic carbocycles. The van der Waals surface area contributed by atoms with Gasteiger partial charge in [-0.1, -0.05) is 48.5 Å². The van der Waals surface area contributed by atoms with Gasteiger partial charge in [0.1, 0.15) is 5.82 Å². The van der Waals surface area contributed by atoms with Crippen LogP contribution >= 0.6 is 0 Å². The number of hydrogen-bond acceptors (Lipinski definition) is 3. The van der Waals surface area contributed by atoms with Crippen molar-refractivity contribution >= 4 is 22.9 Å². The van der Waals surface area contributed by atoms with E-state index in [4.69, 9.17) is 5.11 Å². The Morgan fingerprint density at radius 1 is 0.931 bits per heavy atom. The summed E-state index contributed by atoms with van der Waals surface area (Å²) in [5.74, 6) is -0.592. The van der Waals surface area contributed by atoms with Gasteiger partial charge < -0.3 is 15.4 Å². The fourth-order valence-electron chi connectivity index (χ4n) is 3.18. The third-order valence-corrected chi connectivity index (χ3v) is 4.63. The highest BCUT2D eigenvalue weighted by Gasteiger charge is 2.10. The molecule has 0 radical (unpaired) electrons. The van der Waals surface area contributed by atoms with Crippen molar-refractivity contribution in [1.82, 2.24) is 15.3 Å². The number of carbonyl (C=O) groups is 2. The number of carboxylic acid groups (broad SMARTS) is 1. The van der Waals surface area contributed by atoms with E-state index < -0.39 is 5.97 Å². The molecule has 0 saturated heterocycles. The van der Waals surface area contributed by atoms with Gasteiger partial charge in [0.15, 0.2) is 0 Å². The van der Waals surface area contributed by atoms with E-state index >= 15 is 0 Å². The van der Waals surface area contributed by atoms with Gasteiger partial charge in [-0.05, 0) is 41.0 Å². The lowest BCUT2D eigenvalue weighted by Crippen LogP contribution is -2.25. The number of carboxylic acids is 1. The van der Waals surface area contributed by atoms with Gasteiger partial charge in [-0.2, -0.15) is 0 Å². The number of nitrogens with zero attached hydrogens (tertiary/aromatic N) is 1. The summed E-state index contributed by atoms with van der Waals surface area (Å²) >= 11 is 0. The van der Waals surface area contributed by atoms with E-state index in [1.807, 2.05) is 48.5 Å². The SMILES string of the molecule is O=C(Cc1nc2cc(-c3ccccc3)ccc2[nH]1)NCc1cccc(C(=O)O)c1. The van der Waals surface area contributed by atoms with Crippen LogP contribution < -0.4 is 5.32 Å². The number of amides is 1. The minimum Gasteiger partial charge on any atom is -0.478 e. The van der Waals surface area contributed by atoms with E-state index in [0.29, 0.717) is 5.82 Å². The molecule has 0 fully saturated rings. The number of carbonyl (C=O) groups excluding carboxylic acids is 1. The van der Waals surface area contributed by atoms with Crippen LogP contribution in [0.5, 0.6) is 0 Å². The molecule has 0 unspecified atom stereocenters. The number of aromatic amines is 1. The van der Waals surface area contributed by atoms with Crippen molar-refractivity contribution in [3.8, 4) is 11.1 Å². The summed E-state index contributed by atoms with van der Waals surface area (Å²) in [6.07, 6.45) is 0.119. The Morgan fingerprint density at radius 3 is 2.55 bits per heavy atom. The Labute approximate surface area is 167 Å². The quantitative estimate of drug-likeness (QED) is 0.471. The zero-order valence-electron chi connectivity index (χ0n) is 15.6. The zero-order valence-corrected chi connectivity index (χ0v) is 15.6. The molecule has 0 aliphatic carbocycles. The fraction of sp³-hybridized carbons (Fsp3) is 0.0870. The van der Waals surface area contributed by atoms with E-state index in [2.05, 4.69) is 15.3 Å². The van der Waals surface area contributed by atoms with E-state index in [-0.39, 0.29) is 24.4 Å². The molecule has 29 heavy (non-hydrogen) atoms. The normalized spacial score (nSPS) is 10.8. The van der Waals surface area contributed by atoms with Crippen LogP contribution in [-0.4, -0.2) is 27.0 Å². The molecule has 4 rings (SSSR count). The lowest BCUT2D eigenvalue weighted by molar-refractivity contribution is -0.120.